The Kier molecular flexibility index (Phi) is 3.47. The van der Waals surface area contributed by atoms with Gasteiger partial charge in [-0.15, -0.1) is 0 Å². The van der Waals surface area contributed by atoms with Crippen molar-refractivity contribution in [3.8, 4) is 0 Å². The Bertz CT molecular complexity index is 916. The highest BCUT2D eigenvalue weighted by Gasteiger charge is 2.15. The van der Waals surface area contributed by atoms with E-state index in [-0.39, 0.29) is 10.9 Å². The molecule has 0 atom stereocenters. The summed E-state index contributed by atoms with van der Waals surface area (Å²) in [4.78, 5) is 23.4. The molecule has 110 valence electrons. The first-order valence-electron chi connectivity index (χ1n) is 6.66. The van der Waals surface area contributed by atoms with E-state index in [0.29, 0.717) is 12.1 Å². The molecule has 0 saturated heterocycles. The van der Waals surface area contributed by atoms with Gasteiger partial charge in [-0.25, -0.2) is 9.18 Å². The van der Waals surface area contributed by atoms with E-state index < -0.39 is 17.2 Å². The van der Waals surface area contributed by atoms with Gasteiger partial charge in [-0.05, 0) is 23.8 Å². The lowest BCUT2D eigenvalue weighted by Gasteiger charge is -2.12. The van der Waals surface area contributed by atoms with Gasteiger partial charge < -0.3 is 9.67 Å². The summed E-state index contributed by atoms with van der Waals surface area (Å²) >= 11 is 0. The number of nitrogens with zero attached hydrogens (tertiary/aromatic N) is 1. The van der Waals surface area contributed by atoms with E-state index in [4.69, 9.17) is 0 Å². The number of benzene rings is 2. The van der Waals surface area contributed by atoms with Crippen molar-refractivity contribution in [2.45, 2.75) is 6.54 Å². The molecule has 0 amide bonds. The first kappa shape index (κ1) is 14.0. The number of carboxylic acid groups (broad SMARTS) is 1. The topological polar surface area (TPSA) is 59.3 Å². The lowest BCUT2D eigenvalue weighted by Crippen LogP contribution is -2.19. The van der Waals surface area contributed by atoms with Crippen molar-refractivity contribution < 1.29 is 14.3 Å². The maximum atomic E-state index is 13.4. The number of hydrogen-bond acceptors (Lipinski definition) is 2. The van der Waals surface area contributed by atoms with Crippen LogP contribution in [0.15, 0.2) is 59.5 Å². The number of carboxylic acids is 1. The van der Waals surface area contributed by atoms with Crippen molar-refractivity contribution in [1.82, 2.24) is 4.57 Å². The highest BCUT2D eigenvalue weighted by molar-refractivity contribution is 5.92. The predicted octanol–water partition coefficient (Wildman–Crippen LogP) is 2.89. The van der Waals surface area contributed by atoms with Gasteiger partial charge in [0.25, 0.3) is 0 Å². The lowest BCUT2D eigenvalue weighted by molar-refractivity contribution is 0.0695. The van der Waals surface area contributed by atoms with Gasteiger partial charge in [-0.3, -0.25) is 4.79 Å². The van der Waals surface area contributed by atoms with Gasteiger partial charge in [0.15, 0.2) is 0 Å². The number of rotatable bonds is 3. The van der Waals surface area contributed by atoms with E-state index in [0.717, 1.165) is 11.6 Å². The van der Waals surface area contributed by atoms with Gasteiger partial charge >= 0.3 is 5.97 Å². The van der Waals surface area contributed by atoms with E-state index in [9.17, 15) is 19.1 Å². The molecule has 0 radical (unpaired) electrons. The number of halogens is 1. The van der Waals surface area contributed by atoms with Crippen molar-refractivity contribution >= 4 is 16.9 Å². The number of aromatic carboxylic acids is 1. The van der Waals surface area contributed by atoms with Crippen LogP contribution in [0.4, 0.5) is 4.39 Å². The maximum Gasteiger partial charge on any atom is 0.341 e. The molecule has 0 saturated carbocycles. The van der Waals surface area contributed by atoms with Gasteiger partial charge in [-0.2, -0.15) is 0 Å². The first-order chi connectivity index (χ1) is 10.6. The molecule has 3 rings (SSSR count). The Morgan fingerprint density at radius 3 is 2.55 bits per heavy atom. The molecule has 1 N–H and O–H groups in total. The van der Waals surface area contributed by atoms with Crippen LogP contribution in [0.25, 0.3) is 10.9 Å². The van der Waals surface area contributed by atoms with Crippen molar-refractivity contribution in [2.75, 3.05) is 0 Å². The van der Waals surface area contributed by atoms with Crippen LogP contribution in [0.1, 0.15) is 15.9 Å². The van der Waals surface area contributed by atoms with E-state index in [1.807, 2.05) is 30.3 Å². The quantitative estimate of drug-likeness (QED) is 0.808. The third-order valence-corrected chi connectivity index (χ3v) is 3.47. The number of carbonyl (C=O) groups is 1. The molecule has 0 aliphatic heterocycles. The van der Waals surface area contributed by atoms with Gasteiger partial charge in [0.1, 0.15) is 11.4 Å². The molecule has 4 nitrogen and oxygen atoms in total. The van der Waals surface area contributed by atoms with Gasteiger partial charge in [0, 0.05) is 18.1 Å². The number of aromatic nitrogens is 1. The summed E-state index contributed by atoms with van der Waals surface area (Å²) in [7, 11) is 0. The highest BCUT2D eigenvalue weighted by Crippen LogP contribution is 2.16. The lowest BCUT2D eigenvalue weighted by atomic mass is 10.1. The Balaban J connectivity index is 2.26. The molecule has 5 heteroatoms. The summed E-state index contributed by atoms with van der Waals surface area (Å²) in [5, 5.41) is 9.24. The second-order valence-electron chi connectivity index (χ2n) is 4.95. The molecule has 0 spiro atoms. The molecule has 2 aromatic carbocycles. The fraction of sp³-hybridized carbons (Fsp3) is 0.0588. The Labute approximate surface area is 125 Å². The first-order valence-corrected chi connectivity index (χ1v) is 6.66. The minimum absolute atomic E-state index is 0.0656. The van der Waals surface area contributed by atoms with E-state index in [1.165, 1.54) is 18.3 Å². The van der Waals surface area contributed by atoms with Crippen LogP contribution in [-0.4, -0.2) is 15.6 Å². The molecule has 0 aliphatic rings. The second-order valence-corrected chi connectivity index (χ2v) is 4.95. The summed E-state index contributed by atoms with van der Waals surface area (Å²) in [5.74, 6) is -1.89. The number of fused-ring (bicyclic) bond motifs is 1. The van der Waals surface area contributed by atoms with Crippen LogP contribution >= 0.6 is 0 Å². The van der Waals surface area contributed by atoms with Gasteiger partial charge in [-0.1, -0.05) is 30.3 Å². The summed E-state index contributed by atoms with van der Waals surface area (Å²) in [5.41, 5.74) is 0.411. The molecule has 0 aliphatic carbocycles. The summed E-state index contributed by atoms with van der Waals surface area (Å²) in [6, 6.07) is 13.2. The summed E-state index contributed by atoms with van der Waals surface area (Å²) in [6.07, 6.45) is 1.30. The smallest absolute Gasteiger partial charge is 0.341 e. The predicted molar refractivity (Wildman–Crippen MR) is 80.7 cm³/mol. The van der Waals surface area contributed by atoms with Gasteiger partial charge in [0.2, 0.25) is 5.43 Å². The molecule has 0 fully saturated rings. The molecule has 1 heterocycles. The molecule has 1 aromatic heterocycles. The molecular weight excluding hydrogens is 285 g/mol. The minimum atomic E-state index is -1.32. The number of hydrogen-bond donors (Lipinski definition) is 1. The SMILES string of the molecule is O=C(O)c1cn(Cc2ccccc2)c2ccc(F)cc2c1=O. The third-order valence-electron chi connectivity index (χ3n) is 3.47. The van der Waals surface area contributed by atoms with E-state index in [1.54, 1.807) is 4.57 Å². The molecule has 22 heavy (non-hydrogen) atoms. The molecular formula is C17H12FNO3. The zero-order chi connectivity index (χ0) is 15.7. The van der Waals surface area contributed by atoms with Crippen molar-refractivity contribution in [3.05, 3.63) is 81.9 Å². The average Bonchev–Trinajstić information content (AvgIpc) is 2.51. The van der Waals surface area contributed by atoms with E-state index >= 15 is 0 Å². The zero-order valence-electron chi connectivity index (χ0n) is 11.5. The Morgan fingerprint density at radius 1 is 1.14 bits per heavy atom. The van der Waals surface area contributed by atoms with Crippen LogP contribution in [0, 0.1) is 5.82 Å². The monoisotopic (exact) mass is 297 g/mol. The van der Waals surface area contributed by atoms with Crippen LogP contribution in [-0.2, 0) is 6.54 Å². The summed E-state index contributed by atoms with van der Waals surface area (Å²) < 4.78 is 15.1. The van der Waals surface area contributed by atoms with Crippen molar-refractivity contribution in [3.63, 3.8) is 0 Å². The largest absolute Gasteiger partial charge is 0.477 e. The normalized spacial score (nSPS) is 10.8. The zero-order valence-corrected chi connectivity index (χ0v) is 11.5. The Morgan fingerprint density at radius 2 is 1.86 bits per heavy atom. The van der Waals surface area contributed by atoms with Gasteiger partial charge in [0.05, 0.1) is 5.52 Å². The fourth-order valence-corrected chi connectivity index (χ4v) is 2.43. The third kappa shape index (κ3) is 2.48. The maximum absolute atomic E-state index is 13.4. The molecule has 3 aromatic rings. The standard InChI is InChI=1S/C17H12FNO3/c18-12-6-7-15-13(8-12)16(20)14(17(21)22)10-19(15)9-11-4-2-1-3-5-11/h1-8,10H,9H2,(H,21,22). The van der Waals surface area contributed by atoms with E-state index in [2.05, 4.69) is 0 Å². The number of pyridine rings is 1. The van der Waals surface area contributed by atoms with Crippen LogP contribution in [0.5, 0.6) is 0 Å². The molecule has 0 bridgehead atoms. The average molecular weight is 297 g/mol. The Hall–Kier alpha value is -2.95. The molecule has 0 unspecified atom stereocenters. The van der Waals surface area contributed by atoms with Crippen LogP contribution < -0.4 is 5.43 Å². The van der Waals surface area contributed by atoms with Crippen molar-refractivity contribution in [2.24, 2.45) is 0 Å². The highest BCUT2D eigenvalue weighted by atomic mass is 19.1. The van der Waals surface area contributed by atoms with Crippen molar-refractivity contribution in [1.29, 1.82) is 0 Å². The van der Waals surface area contributed by atoms with Crippen LogP contribution in [0.3, 0.4) is 0 Å². The second kappa shape index (κ2) is 5.44. The van der Waals surface area contributed by atoms with Crippen LogP contribution in [0.2, 0.25) is 0 Å². The fourth-order valence-electron chi connectivity index (χ4n) is 2.43. The minimum Gasteiger partial charge on any atom is -0.477 e. The summed E-state index contributed by atoms with van der Waals surface area (Å²) in [6.45, 7) is 0.392.